The number of ether oxygens (including phenoxy) is 1. The zero-order chi connectivity index (χ0) is 14.1. The first-order chi connectivity index (χ1) is 9.65. The highest BCUT2D eigenvalue weighted by Crippen LogP contribution is 2.23. The molecule has 0 radical (unpaired) electrons. The van der Waals surface area contributed by atoms with E-state index in [1.807, 2.05) is 25.1 Å². The van der Waals surface area contributed by atoms with Gasteiger partial charge < -0.3 is 9.72 Å². The second-order valence-electron chi connectivity index (χ2n) is 5.45. The van der Waals surface area contributed by atoms with Gasteiger partial charge in [-0.1, -0.05) is 12.1 Å². The number of nitrogens with zero attached hydrogens (tertiary/aromatic N) is 1. The van der Waals surface area contributed by atoms with Gasteiger partial charge in [-0.15, -0.1) is 0 Å². The molecule has 1 aliphatic heterocycles. The number of carbonyl (C=O) groups is 1. The minimum Gasteiger partial charge on any atom is -0.379 e. The molecule has 3 rings (SSSR count). The van der Waals surface area contributed by atoms with Crippen LogP contribution in [0.25, 0.3) is 10.8 Å². The zero-order valence-electron chi connectivity index (χ0n) is 12.0. The molecule has 0 spiro atoms. The van der Waals surface area contributed by atoms with E-state index in [2.05, 4.69) is 16.8 Å². The lowest BCUT2D eigenvalue weighted by Gasteiger charge is -2.25. The van der Waals surface area contributed by atoms with Crippen LogP contribution in [0.2, 0.25) is 0 Å². The number of hydrogen-bond acceptors (Lipinski definition) is 3. The summed E-state index contributed by atoms with van der Waals surface area (Å²) >= 11 is 0. The van der Waals surface area contributed by atoms with Gasteiger partial charge in [0.1, 0.15) is 0 Å². The molecule has 1 saturated heterocycles. The Hall–Kier alpha value is -1.65. The van der Waals surface area contributed by atoms with Gasteiger partial charge in [-0.25, -0.2) is 0 Å². The van der Waals surface area contributed by atoms with E-state index in [1.165, 1.54) is 5.39 Å². The number of hydrogen-bond donors (Lipinski definition) is 1. The SMILES string of the molecule is Cc1[nH]c(C)c2cc(C(=O)CN3CCOCC3)ccc12. The van der Waals surface area contributed by atoms with E-state index in [0.717, 1.165) is 48.6 Å². The number of fused-ring (bicyclic) bond motifs is 1. The third-order valence-electron chi connectivity index (χ3n) is 4.00. The molecule has 106 valence electrons. The van der Waals surface area contributed by atoms with Gasteiger partial charge in [0.25, 0.3) is 0 Å². The Kier molecular flexibility index (Phi) is 3.59. The lowest BCUT2D eigenvalue weighted by Crippen LogP contribution is -2.39. The number of nitrogens with one attached hydrogen (secondary N) is 1. The van der Waals surface area contributed by atoms with Crippen molar-refractivity contribution in [3.63, 3.8) is 0 Å². The van der Waals surface area contributed by atoms with Crippen LogP contribution in [0.15, 0.2) is 18.2 Å². The molecule has 0 unspecified atom stereocenters. The van der Waals surface area contributed by atoms with Gasteiger partial charge >= 0.3 is 0 Å². The maximum Gasteiger partial charge on any atom is 0.176 e. The van der Waals surface area contributed by atoms with Crippen LogP contribution in [-0.4, -0.2) is 48.5 Å². The van der Waals surface area contributed by atoms with Gasteiger partial charge in [-0.2, -0.15) is 0 Å². The number of aryl methyl sites for hydroxylation is 2. The molecule has 0 saturated carbocycles. The number of aromatic nitrogens is 1. The topological polar surface area (TPSA) is 45.3 Å². The average molecular weight is 272 g/mol. The molecule has 4 heteroatoms. The van der Waals surface area contributed by atoms with Crippen LogP contribution in [0.1, 0.15) is 21.7 Å². The van der Waals surface area contributed by atoms with Gasteiger partial charge in [0.05, 0.1) is 19.8 Å². The van der Waals surface area contributed by atoms with Crippen LogP contribution in [0, 0.1) is 13.8 Å². The molecule has 1 aliphatic rings. The number of benzene rings is 1. The van der Waals surface area contributed by atoms with Crippen LogP contribution in [0.5, 0.6) is 0 Å². The van der Waals surface area contributed by atoms with E-state index in [0.29, 0.717) is 6.54 Å². The van der Waals surface area contributed by atoms with Gasteiger partial charge in [0.2, 0.25) is 0 Å². The van der Waals surface area contributed by atoms with E-state index in [9.17, 15) is 4.79 Å². The van der Waals surface area contributed by atoms with Crippen molar-refractivity contribution in [2.75, 3.05) is 32.8 Å². The summed E-state index contributed by atoms with van der Waals surface area (Å²) in [6.45, 7) is 7.73. The number of Topliss-reactive ketones (excluding diaryl/α,β-unsaturated/α-hetero) is 1. The van der Waals surface area contributed by atoms with Crippen molar-refractivity contribution in [1.82, 2.24) is 9.88 Å². The molecule has 4 nitrogen and oxygen atoms in total. The summed E-state index contributed by atoms with van der Waals surface area (Å²) in [7, 11) is 0. The second-order valence-corrected chi connectivity index (χ2v) is 5.45. The third-order valence-corrected chi connectivity index (χ3v) is 4.00. The molecule has 1 aromatic heterocycles. The van der Waals surface area contributed by atoms with Gasteiger partial charge in [-0.3, -0.25) is 9.69 Å². The smallest absolute Gasteiger partial charge is 0.176 e. The van der Waals surface area contributed by atoms with E-state index in [1.54, 1.807) is 0 Å². The second kappa shape index (κ2) is 5.38. The summed E-state index contributed by atoms with van der Waals surface area (Å²) in [5, 5.41) is 2.35. The van der Waals surface area contributed by atoms with Crippen LogP contribution in [-0.2, 0) is 4.74 Å². The summed E-state index contributed by atoms with van der Waals surface area (Å²) in [6, 6.07) is 5.99. The number of aromatic amines is 1. The predicted octanol–water partition coefficient (Wildman–Crippen LogP) is 2.30. The van der Waals surface area contributed by atoms with Gasteiger partial charge in [-0.05, 0) is 19.9 Å². The number of rotatable bonds is 3. The molecular weight excluding hydrogens is 252 g/mol. The number of morpholine rings is 1. The molecule has 0 atom stereocenters. The molecule has 2 heterocycles. The molecule has 2 aromatic rings. The lowest BCUT2D eigenvalue weighted by molar-refractivity contribution is 0.0371. The molecular formula is C16H20N2O2. The standard InChI is InChI=1S/C16H20N2O2/c1-11-14-4-3-13(9-15(14)12(2)17-11)16(19)10-18-5-7-20-8-6-18/h3-4,9,17H,5-8,10H2,1-2H3. The molecule has 1 aromatic carbocycles. The Balaban J connectivity index is 1.82. The molecule has 1 fully saturated rings. The minimum absolute atomic E-state index is 0.187. The number of H-pyrrole nitrogens is 1. The maximum atomic E-state index is 12.4. The first-order valence-corrected chi connectivity index (χ1v) is 7.07. The van der Waals surface area contributed by atoms with Crippen molar-refractivity contribution in [3.8, 4) is 0 Å². The fourth-order valence-electron chi connectivity index (χ4n) is 2.82. The van der Waals surface area contributed by atoms with E-state index in [4.69, 9.17) is 4.74 Å². The highest BCUT2D eigenvalue weighted by Gasteiger charge is 2.16. The molecule has 0 bridgehead atoms. The summed E-state index contributed by atoms with van der Waals surface area (Å²) in [5.41, 5.74) is 3.08. The van der Waals surface area contributed by atoms with Crippen LogP contribution < -0.4 is 0 Å². The molecule has 0 amide bonds. The van der Waals surface area contributed by atoms with E-state index in [-0.39, 0.29) is 5.78 Å². The monoisotopic (exact) mass is 272 g/mol. The van der Waals surface area contributed by atoms with E-state index < -0.39 is 0 Å². The highest BCUT2D eigenvalue weighted by atomic mass is 16.5. The Morgan fingerprint density at radius 3 is 2.65 bits per heavy atom. The quantitative estimate of drug-likeness (QED) is 0.872. The first-order valence-electron chi connectivity index (χ1n) is 7.07. The third kappa shape index (κ3) is 2.49. The predicted molar refractivity (Wildman–Crippen MR) is 79.4 cm³/mol. The fraction of sp³-hybridized carbons (Fsp3) is 0.438. The Labute approximate surface area is 118 Å². The lowest BCUT2D eigenvalue weighted by atomic mass is 10.0. The highest BCUT2D eigenvalue weighted by molar-refractivity contribution is 6.02. The summed E-state index contributed by atoms with van der Waals surface area (Å²) < 4.78 is 5.31. The normalized spacial score (nSPS) is 16.7. The van der Waals surface area contributed by atoms with Crippen molar-refractivity contribution in [2.45, 2.75) is 13.8 Å². The minimum atomic E-state index is 0.187. The van der Waals surface area contributed by atoms with Crippen molar-refractivity contribution in [2.24, 2.45) is 0 Å². The first kappa shape index (κ1) is 13.3. The summed E-state index contributed by atoms with van der Waals surface area (Å²) in [5.74, 6) is 0.187. The fourth-order valence-corrected chi connectivity index (χ4v) is 2.82. The maximum absolute atomic E-state index is 12.4. The van der Waals surface area contributed by atoms with Crippen molar-refractivity contribution in [3.05, 3.63) is 35.2 Å². The van der Waals surface area contributed by atoms with Crippen LogP contribution in [0.3, 0.4) is 0 Å². The Morgan fingerprint density at radius 2 is 1.90 bits per heavy atom. The van der Waals surface area contributed by atoms with Crippen molar-refractivity contribution in [1.29, 1.82) is 0 Å². The number of ketones is 1. The summed E-state index contributed by atoms with van der Waals surface area (Å²) in [6.07, 6.45) is 0. The molecule has 0 aliphatic carbocycles. The Bertz CT molecular complexity index is 639. The van der Waals surface area contributed by atoms with E-state index >= 15 is 0 Å². The number of carbonyl (C=O) groups excluding carboxylic acids is 1. The largest absolute Gasteiger partial charge is 0.379 e. The zero-order valence-corrected chi connectivity index (χ0v) is 12.0. The van der Waals surface area contributed by atoms with Gasteiger partial charge in [0.15, 0.2) is 5.78 Å². The van der Waals surface area contributed by atoms with Crippen LogP contribution in [0.4, 0.5) is 0 Å². The van der Waals surface area contributed by atoms with Gasteiger partial charge in [0, 0.05) is 40.8 Å². The Morgan fingerprint density at radius 1 is 1.20 bits per heavy atom. The molecule has 20 heavy (non-hydrogen) atoms. The molecule has 1 N–H and O–H groups in total. The van der Waals surface area contributed by atoms with Crippen molar-refractivity contribution >= 4 is 16.6 Å². The van der Waals surface area contributed by atoms with Crippen molar-refractivity contribution < 1.29 is 9.53 Å². The average Bonchev–Trinajstić information content (AvgIpc) is 2.75. The van der Waals surface area contributed by atoms with Crippen LogP contribution >= 0.6 is 0 Å². The summed E-state index contributed by atoms with van der Waals surface area (Å²) in [4.78, 5) is 17.9.